The molecule has 8 heteroatoms. The van der Waals surface area contributed by atoms with Gasteiger partial charge < -0.3 is 26.4 Å². The molecule has 0 saturated carbocycles. The van der Waals surface area contributed by atoms with E-state index in [0.717, 1.165) is 53.2 Å². The number of para-hydroxylation sites is 2. The number of anilines is 3. The summed E-state index contributed by atoms with van der Waals surface area (Å²) in [6.45, 7) is 5.94. The van der Waals surface area contributed by atoms with Crippen LogP contribution >= 0.6 is 0 Å². The first kappa shape index (κ1) is 30.5. The van der Waals surface area contributed by atoms with Crippen molar-refractivity contribution in [3.8, 4) is 18.1 Å². The van der Waals surface area contributed by atoms with Crippen molar-refractivity contribution in [2.75, 3.05) is 23.0 Å². The Hall–Kier alpha value is -5.00. The van der Waals surface area contributed by atoms with E-state index in [2.05, 4.69) is 32.7 Å². The van der Waals surface area contributed by atoms with Crippen LogP contribution < -0.4 is 26.4 Å². The number of hydrogen-bond donors (Lipinski definition) is 4. The molecule has 0 atom stereocenters. The second-order valence-electron chi connectivity index (χ2n) is 8.70. The summed E-state index contributed by atoms with van der Waals surface area (Å²) < 4.78 is 7.78. The summed E-state index contributed by atoms with van der Waals surface area (Å²) >= 11 is 0. The summed E-state index contributed by atoms with van der Waals surface area (Å²) in [5.41, 5.74) is 9.95. The van der Waals surface area contributed by atoms with Crippen molar-refractivity contribution < 1.29 is 9.53 Å². The molecule has 0 fully saturated rings. The molecule has 5 rings (SSSR count). The van der Waals surface area contributed by atoms with E-state index in [9.17, 15) is 4.79 Å². The maximum atomic E-state index is 12.6. The number of amides is 2. The van der Waals surface area contributed by atoms with Gasteiger partial charge in [0.1, 0.15) is 11.5 Å². The fraction of sp³-hybridized carbons (Fsp3) is 0.212. The molecule has 1 aliphatic rings. The fourth-order valence-electron chi connectivity index (χ4n) is 4.26. The van der Waals surface area contributed by atoms with E-state index < -0.39 is 0 Å². The first-order valence-corrected chi connectivity index (χ1v) is 13.7. The topological polar surface area (TPSA) is 106 Å². The predicted octanol–water partition coefficient (Wildman–Crippen LogP) is 7.31. The predicted molar refractivity (Wildman–Crippen MR) is 169 cm³/mol. The number of aromatic nitrogens is 2. The number of carbonyl (C=O) groups excluding carboxylic acids is 1. The summed E-state index contributed by atoms with van der Waals surface area (Å²) in [6.07, 6.45) is 15.9. The van der Waals surface area contributed by atoms with E-state index >= 15 is 0 Å². The van der Waals surface area contributed by atoms with E-state index in [1.165, 1.54) is 7.05 Å². The van der Waals surface area contributed by atoms with E-state index in [1.54, 1.807) is 16.9 Å². The molecule has 0 radical (unpaired) electrons. The van der Waals surface area contributed by atoms with Crippen molar-refractivity contribution in [2.45, 2.75) is 40.0 Å². The van der Waals surface area contributed by atoms with Crippen LogP contribution in [-0.4, -0.2) is 22.7 Å². The van der Waals surface area contributed by atoms with Crippen molar-refractivity contribution in [3.05, 3.63) is 108 Å². The zero-order valence-corrected chi connectivity index (χ0v) is 24.1. The van der Waals surface area contributed by atoms with Gasteiger partial charge in [0, 0.05) is 23.4 Å². The van der Waals surface area contributed by atoms with Crippen LogP contribution in [0.25, 0.3) is 5.52 Å². The molecule has 1 aliphatic carbocycles. The number of rotatable bonds is 6. The Morgan fingerprint density at radius 3 is 2.37 bits per heavy atom. The Balaban J connectivity index is 0.00000111. The molecule has 0 aliphatic heterocycles. The summed E-state index contributed by atoms with van der Waals surface area (Å²) in [4.78, 5) is 12.6. The number of aryl methyl sites for hydroxylation is 1. The van der Waals surface area contributed by atoms with Crippen molar-refractivity contribution in [1.29, 1.82) is 0 Å². The van der Waals surface area contributed by atoms with Gasteiger partial charge in [0.15, 0.2) is 0 Å². The maximum Gasteiger partial charge on any atom is 0.323 e. The molecule has 2 amide bonds. The third kappa shape index (κ3) is 8.01. The molecule has 4 aromatic rings. The lowest BCUT2D eigenvalue weighted by Crippen LogP contribution is -2.19. The van der Waals surface area contributed by atoms with Gasteiger partial charge in [0.2, 0.25) is 0 Å². The zero-order chi connectivity index (χ0) is 29.6. The molecule has 0 saturated heterocycles. The molecular weight excluding hydrogens is 512 g/mol. The summed E-state index contributed by atoms with van der Waals surface area (Å²) in [7, 11) is 1.50. The minimum Gasteiger partial charge on any atom is -0.462 e. The Labute approximate surface area is 242 Å². The number of carbonyl (C=O) groups is 1. The van der Waals surface area contributed by atoms with Crippen molar-refractivity contribution in [2.24, 2.45) is 5.73 Å². The van der Waals surface area contributed by atoms with Crippen LogP contribution in [0.15, 0.2) is 96.7 Å². The molecule has 2 heterocycles. The number of nitrogens with two attached hydrogens (primary N) is 1. The van der Waals surface area contributed by atoms with E-state index in [1.807, 2.05) is 93.6 Å². The number of nitrogens with zero attached hydrogens (tertiary/aromatic N) is 2. The van der Waals surface area contributed by atoms with Crippen molar-refractivity contribution >= 4 is 28.6 Å². The van der Waals surface area contributed by atoms with Gasteiger partial charge in [-0.1, -0.05) is 56.2 Å². The van der Waals surface area contributed by atoms with Gasteiger partial charge in [0.05, 0.1) is 34.8 Å². The molecule has 5 N–H and O–H groups in total. The van der Waals surface area contributed by atoms with Crippen LogP contribution in [0.4, 0.5) is 21.9 Å². The number of ether oxygens (including phenoxy) is 1. The largest absolute Gasteiger partial charge is 0.462 e. The molecule has 2 aromatic carbocycles. The van der Waals surface area contributed by atoms with Crippen LogP contribution in [0.5, 0.6) is 5.75 Å². The highest BCUT2D eigenvalue weighted by Gasteiger charge is 2.18. The Kier molecular flexibility index (Phi) is 11.6. The Morgan fingerprint density at radius 1 is 1.00 bits per heavy atom. The SMILES string of the molecule is C#Cc1cnn2cc(NC(=O)Nc3ccccc3)c(C)c2c1NC1=CC=C(Oc2ccccc2)CCC1.CC.CN. The summed E-state index contributed by atoms with van der Waals surface area (Å²) in [5.74, 6) is 4.47. The number of fused-ring (bicyclic) bond motifs is 1. The fourth-order valence-corrected chi connectivity index (χ4v) is 4.26. The highest BCUT2D eigenvalue weighted by atomic mass is 16.5. The number of terminal acetylenes is 1. The molecule has 2 aromatic heterocycles. The van der Waals surface area contributed by atoms with E-state index in [-0.39, 0.29) is 6.03 Å². The second-order valence-corrected chi connectivity index (χ2v) is 8.70. The normalized spacial score (nSPS) is 12.1. The number of hydrogen-bond acceptors (Lipinski definition) is 5. The minimum absolute atomic E-state index is 0.334. The van der Waals surface area contributed by atoms with Crippen LogP contribution in [0, 0.1) is 19.3 Å². The molecule has 212 valence electrons. The molecule has 0 spiro atoms. The van der Waals surface area contributed by atoms with Crippen LogP contribution in [0.2, 0.25) is 0 Å². The molecule has 0 unspecified atom stereocenters. The first-order valence-electron chi connectivity index (χ1n) is 13.7. The smallest absolute Gasteiger partial charge is 0.323 e. The van der Waals surface area contributed by atoms with Gasteiger partial charge in [-0.05, 0) is 63.2 Å². The summed E-state index contributed by atoms with van der Waals surface area (Å²) in [5, 5.41) is 13.8. The van der Waals surface area contributed by atoms with Crippen molar-refractivity contribution in [3.63, 3.8) is 0 Å². The molecule has 41 heavy (non-hydrogen) atoms. The lowest BCUT2D eigenvalue weighted by atomic mass is 10.1. The van der Waals surface area contributed by atoms with Crippen molar-refractivity contribution in [1.82, 2.24) is 9.61 Å². The van der Waals surface area contributed by atoms with Gasteiger partial charge >= 0.3 is 6.03 Å². The van der Waals surface area contributed by atoms with E-state index in [4.69, 9.17) is 11.2 Å². The van der Waals surface area contributed by atoms with Gasteiger partial charge in [-0.15, -0.1) is 6.42 Å². The van der Waals surface area contributed by atoms with Gasteiger partial charge in [-0.3, -0.25) is 0 Å². The number of allylic oxidation sites excluding steroid dienone is 4. The average Bonchev–Trinajstić information content (AvgIpc) is 3.16. The molecular formula is C33H38N6O2. The maximum absolute atomic E-state index is 12.6. The number of benzene rings is 2. The third-order valence-electron chi connectivity index (χ3n) is 6.11. The third-order valence-corrected chi connectivity index (χ3v) is 6.11. The zero-order valence-electron chi connectivity index (χ0n) is 24.1. The van der Waals surface area contributed by atoms with E-state index in [0.29, 0.717) is 16.9 Å². The molecule has 0 bridgehead atoms. The average molecular weight is 551 g/mol. The highest BCUT2D eigenvalue weighted by molar-refractivity contribution is 6.01. The lowest BCUT2D eigenvalue weighted by Gasteiger charge is -2.14. The Morgan fingerprint density at radius 2 is 1.68 bits per heavy atom. The number of nitrogens with one attached hydrogen (secondary N) is 3. The quantitative estimate of drug-likeness (QED) is 0.188. The van der Waals surface area contributed by atoms with Crippen LogP contribution in [0.1, 0.15) is 44.2 Å². The van der Waals surface area contributed by atoms with Crippen LogP contribution in [0.3, 0.4) is 0 Å². The first-order chi connectivity index (χ1) is 20.1. The monoisotopic (exact) mass is 550 g/mol. The van der Waals surface area contributed by atoms with Gasteiger partial charge in [-0.25, -0.2) is 9.31 Å². The highest BCUT2D eigenvalue weighted by Crippen LogP contribution is 2.32. The molecule has 8 nitrogen and oxygen atoms in total. The second kappa shape index (κ2) is 15.6. The Bertz CT molecular complexity index is 1530. The minimum atomic E-state index is -0.334. The van der Waals surface area contributed by atoms with Crippen LogP contribution in [-0.2, 0) is 0 Å². The standard InChI is InChI=1S/C30H27N5O2.C2H6.CH5N/c1-3-22-19-31-35-20-27(34-30(36)33-23-11-6-4-7-12-23)21(2)29(35)28(22)32-24-13-10-16-26(18-17-24)37-25-14-8-5-9-15-25;2*1-2/h1,4-9,11-12,14-15,17-20,32H,10,13,16H2,2H3,(H2,33,34,36);1-2H3;2H2,1H3. The van der Waals surface area contributed by atoms with Gasteiger partial charge in [0.25, 0.3) is 0 Å². The summed E-state index contributed by atoms with van der Waals surface area (Å²) in [6, 6.07) is 18.7. The van der Waals surface area contributed by atoms with Gasteiger partial charge in [-0.2, -0.15) is 5.10 Å². The lowest BCUT2D eigenvalue weighted by molar-refractivity contribution is 0.262. The number of urea groups is 1.